The van der Waals surface area contributed by atoms with Gasteiger partial charge in [0.15, 0.2) is 17.3 Å². The smallest absolute Gasteiger partial charge is 0.249 e. The second-order valence-corrected chi connectivity index (χ2v) is 6.54. The maximum atomic E-state index is 5.34. The first-order chi connectivity index (χ1) is 13.6. The molecule has 7 nitrogen and oxygen atoms in total. The third-order valence-corrected chi connectivity index (χ3v) is 4.30. The molecule has 2 aromatic carbocycles. The van der Waals surface area contributed by atoms with E-state index in [9.17, 15) is 0 Å². The minimum Gasteiger partial charge on any atom is -0.493 e. The van der Waals surface area contributed by atoms with Crippen LogP contribution in [0.1, 0.15) is 19.4 Å². The van der Waals surface area contributed by atoms with Gasteiger partial charge >= 0.3 is 0 Å². The molecule has 0 amide bonds. The summed E-state index contributed by atoms with van der Waals surface area (Å²) < 4.78 is 10.6. The summed E-state index contributed by atoms with van der Waals surface area (Å²) in [7, 11) is 3.21. The molecule has 146 valence electrons. The van der Waals surface area contributed by atoms with Crippen LogP contribution in [0.25, 0.3) is 0 Å². The highest BCUT2D eigenvalue weighted by molar-refractivity contribution is 5.60. The standard InChI is InChI=1S/C21H25N5O2/c1-15(2)26(14-16-8-6-5-7-9-16)20-13-22-25-21(24-20)23-17-10-11-18(27-3)19(12-17)28-4/h5-13,15H,14H2,1-4H3,(H,23,24,25). The van der Waals surface area contributed by atoms with Crippen molar-refractivity contribution < 1.29 is 9.47 Å². The summed E-state index contributed by atoms with van der Waals surface area (Å²) in [6, 6.07) is 16.1. The number of hydrogen-bond donors (Lipinski definition) is 1. The molecule has 1 N–H and O–H groups in total. The Morgan fingerprint density at radius 2 is 1.75 bits per heavy atom. The molecule has 3 aromatic rings. The molecule has 1 heterocycles. The minimum absolute atomic E-state index is 0.255. The van der Waals surface area contributed by atoms with Gasteiger partial charge in [-0.25, -0.2) is 0 Å². The molecule has 0 unspecified atom stereocenters. The largest absolute Gasteiger partial charge is 0.493 e. The fourth-order valence-electron chi connectivity index (χ4n) is 2.84. The summed E-state index contributed by atoms with van der Waals surface area (Å²) >= 11 is 0. The Morgan fingerprint density at radius 3 is 2.43 bits per heavy atom. The van der Waals surface area contributed by atoms with E-state index in [4.69, 9.17) is 9.47 Å². The maximum Gasteiger partial charge on any atom is 0.249 e. The molecule has 0 atom stereocenters. The van der Waals surface area contributed by atoms with Gasteiger partial charge in [0, 0.05) is 24.3 Å². The number of nitrogens with zero attached hydrogens (tertiary/aromatic N) is 4. The molecule has 28 heavy (non-hydrogen) atoms. The Morgan fingerprint density at radius 1 is 1.00 bits per heavy atom. The third kappa shape index (κ3) is 4.68. The first kappa shape index (κ1) is 19.4. The Labute approximate surface area is 165 Å². The molecule has 0 saturated heterocycles. The summed E-state index contributed by atoms with van der Waals surface area (Å²) in [6.45, 7) is 5.01. The Hall–Kier alpha value is -3.35. The first-order valence-corrected chi connectivity index (χ1v) is 9.10. The first-order valence-electron chi connectivity index (χ1n) is 9.10. The lowest BCUT2D eigenvalue weighted by Crippen LogP contribution is -2.31. The Balaban J connectivity index is 1.82. The topological polar surface area (TPSA) is 72.4 Å². The van der Waals surface area contributed by atoms with Crippen molar-refractivity contribution in [2.45, 2.75) is 26.4 Å². The van der Waals surface area contributed by atoms with Crippen molar-refractivity contribution in [1.82, 2.24) is 15.2 Å². The number of nitrogens with one attached hydrogen (secondary N) is 1. The average molecular weight is 379 g/mol. The molecular formula is C21H25N5O2. The van der Waals surface area contributed by atoms with Crippen molar-refractivity contribution >= 4 is 17.5 Å². The van der Waals surface area contributed by atoms with Crippen molar-refractivity contribution in [2.24, 2.45) is 0 Å². The van der Waals surface area contributed by atoms with Crippen molar-refractivity contribution in [3.8, 4) is 11.5 Å². The molecule has 1 aromatic heterocycles. The Bertz CT molecular complexity index is 902. The SMILES string of the molecule is COc1ccc(Nc2nncc(N(Cc3ccccc3)C(C)C)n2)cc1OC. The van der Waals surface area contributed by atoms with E-state index in [1.807, 2.05) is 36.4 Å². The van der Waals surface area contributed by atoms with Crippen LogP contribution in [0, 0.1) is 0 Å². The van der Waals surface area contributed by atoms with Crippen LogP contribution in [0.15, 0.2) is 54.7 Å². The number of aromatic nitrogens is 3. The quantitative estimate of drug-likeness (QED) is 0.633. The van der Waals surface area contributed by atoms with Crippen LogP contribution >= 0.6 is 0 Å². The van der Waals surface area contributed by atoms with Crippen LogP contribution in [-0.4, -0.2) is 35.4 Å². The molecule has 0 spiro atoms. The fourth-order valence-corrected chi connectivity index (χ4v) is 2.84. The van der Waals surface area contributed by atoms with E-state index in [2.05, 4.69) is 51.4 Å². The van der Waals surface area contributed by atoms with Crippen molar-refractivity contribution in [3.63, 3.8) is 0 Å². The van der Waals surface area contributed by atoms with Gasteiger partial charge in [-0.1, -0.05) is 30.3 Å². The number of methoxy groups -OCH3 is 2. The average Bonchev–Trinajstić information content (AvgIpc) is 2.72. The van der Waals surface area contributed by atoms with Gasteiger partial charge in [-0.2, -0.15) is 10.1 Å². The van der Waals surface area contributed by atoms with Gasteiger partial charge in [0.1, 0.15) is 0 Å². The van der Waals surface area contributed by atoms with E-state index in [0.29, 0.717) is 17.4 Å². The predicted octanol–water partition coefficient (Wildman–Crippen LogP) is 4.05. The highest BCUT2D eigenvalue weighted by Crippen LogP contribution is 2.30. The van der Waals surface area contributed by atoms with Crippen LogP contribution in [0.3, 0.4) is 0 Å². The van der Waals surface area contributed by atoms with E-state index < -0.39 is 0 Å². The molecule has 0 bridgehead atoms. The van der Waals surface area contributed by atoms with Gasteiger partial charge < -0.3 is 19.7 Å². The second kappa shape index (κ2) is 9.03. The minimum atomic E-state index is 0.255. The Kier molecular flexibility index (Phi) is 6.26. The van der Waals surface area contributed by atoms with E-state index >= 15 is 0 Å². The molecule has 7 heteroatoms. The van der Waals surface area contributed by atoms with E-state index in [0.717, 1.165) is 18.1 Å². The maximum absolute atomic E-state index is 5.34. The van der Waals surface area contributed by atoms with Gasteiger partial charge in [-0.3, -0.25) is 0 Å². The van der Waals surface area contributed by atoms with Crippen molar-refractivity contribution in [3.05, 3.63) is 60.3 Å². The van der Waals surface area contributed by atoms with E-state index in [1.165, 1.54) is 5.56 Å². The van der Waals surface area contributed by atoms with E-state index in [1.54, 1.807) is 20.4 Å². The van der Waals surface area contributed by atoms with Crippen LogP contribution in [0.4, 0.5) is 17.5 Å². The molecule has 0 aliphatic heterocycles. The monoisotopic (exact) mass is 379 g/mol. The summed E-state index contributed by atoms with van der Waals surface area (Å²) in [4.78, 5) is 6.84. The zero-order valence-corrected chi connectivity index (χ0v) is 16.6. The van der Waals surface area contributed by atoms with Gasteiger partial charge in [-0.05, 0) is 31.5 Å². The number of ether oxygens (including phenoxy) is 2. The molecule has 0 saturated carbocycles. The number of rotatable bonds is 8. The molecular weight excluding hydrogens is 354 g/mol. The lowest BCUT2D eigenvalue weighted by molar-refractivity contribution is 0.355. The van der Waals surface area contributed by atoms with Crippen LogP contribution in [0.5, 0.6) is 11.5 Å². The normalized spacial score (nSPS) is 10.6. The van der Waals surface area contributed by atoms with Gasteiger partial charge in [0.25, 0.3) is 0 Å². The van der Waals surface area contributed by atoms with E-state index in [-0.39, 0.29) is 6.04 Å². The van der Waals surface area contributed by atoms with Crippen molar-refractivity contribution in [2.75, 3.05) is 24.4 Å². The summed E-state index contributed by atoms with van der Waals surface area (Å²) in [5.41, 5.74) is 2.00. The van der Waals surface area contributed by atoms with Crippen LogP contribution in [-0.2, 0) is 6.54 Å². The summed E-state index contributed by atoms with van der Waals surface area (Å²) in [5.74, 6) is 2.47. The summed E-state index contributed by atoms with van der Waals surface area (Å²) in [6.07, 6.45) is 1.68. The fraction of sp³-hybridized carbons (Fsp3) is 0.286. The van der Waals surface area contributed by atoms with Gasteiger partial charge in [0.05, 0.1) is 20.4 Å². The number of benzene rings is 2. The zero-order chi connectivity index (χ0) is 19.9. The number of anilines is 3. The predicted molar refractivity (Wildman–Crippen MR) is 110 cm³/mol. The van der Waals surface area contributed by atoms with Gasteiger partial charge in [-0.15, -0.1) is 5.10 Å². The number of hydrogen-bond acceptors (Lipinski definition) is 7. The molecule has 0 aliphatic carbocycles. The summed E-state index contributed by atoms with van der Waals surface area (Å²) in [5, 5.41) is 11.4. The zero-order valence-electron chi connectivity index (χ0n) is 16.6. The molecule has 0 aliphatic rings. The van der Waals surface area contributed by atoms with Gasteiger partial charge in [0.2, 0.25) is 5.95 Å². The lowest BCUT2D eigenvalue weighted by Gasteiger charge is -2.27. The lowest BCUT2D eigenvalue weighted by atomic mass is 10.2. The van der Waals surface area contributed by atoms with Crippen LogP contribution in [0.2, 0.25) is 0 Å². The highest BCUT2D eigenvalue weighted by Gasteiger charge is 2.15. The molecule has 0 radical (unpaired) electrons. The molecule has 0 fully saturated rings. The second-order valence-electron chi connectivity index (χ2n) is 6.54. The highest BCUT2D eigenvalue weighted by atomic mass is 16.5. The van der Waals surface area contributed by atoms with Crippen LogP contribution < -0.4 is 19.7 Å². The molecule has 3 rings (SSSR count). The third-order valence-electron chi connectivity index (χ3n) is 4.30. The van der Waals surface area contributed by atoms with Crippen molar-refractivity contribution in [1.29, 1.82) is 0 Å².